The van der Waals surface area contributed by atoms with Crippen LogP contribution in [0.3, 0.4) is 0 Å². The van der Waals surface area contributed by atoms with Gasteiger partial charge in [0, 0.05) is 31.9 Å². The van der Waals surface area contributed by atoms with Gasteiger partial charge in [0.05, 0.1) is 6.54 Å². The van der Waals surface area contributed by atoms with Gasteiger partial charge in [-0.2, -0.15) is 0 Å². The van der Waals surface area contributed by atoms with Crippen molar-refractivity contribution in [2.75, 3.05) is 20.1 Å². The van der Waals surface area contributed by atoms with Crippen molar-refractivity contribution in [1.82, 2.24) is 9.80 Å². The number of amides is 2. The smallest absolute Gasteiger partial charge is 0.242 e. The summed E-state index contributed by atoms with van der Waals surface area (Å²) in [5.41, 5.74) is 1.25. The van der Waals surface area contributed by atoms with Gasteiger partial charge in [-0.1, -0.05) is 0 Å². The summed E-state index contributed by atoms with van der Waals surface area (Å²) in [6.07, 6.45) is 0.933. The second-order valence-electron chi connectivity index (χ2n) is 4.31. The normalized spacial score (nSPS) is 14.4. The Morgan fingerprint density at radius 1 is 1.53 bits per heavy atom. The number of carbonyl (C=O) groups excluding carboxylic acids is 2. The molecule has 1 aliphatic rings. The van der Waals surface area contributed by atoms with E-state index >= 15 is 0 Å². The topological polar surface area (TPSA) is 40.6 Å². The molecule has 17 heavy (non-hydrogen) atoms. The number of hydrogen-bond donors (Lipinski definition) is 0. The second kappa shape index (κ2) is 4.87. The fourth-order valence-corrected chi connectivity index (χ4v) is 2.77. The summed E-state index contributed by atoms with van der Waals surface area (Å²) in [5.74, 6) is -0.0499. The zero-order valence-electron chi connectivity index (χ0n) is 10.1. The lowest BCUT2D eigenvalue weighted by molar-refractivity contribution is -0.138. The quantitative estimate of drug-likeness (QED) is 0.791. The molecule has 0 N–H and O–H groups in total. The zero-order chi connectivity index (χ0) is 12.4. The Morgan fingerprint density at radius 2 is 2.29 bits per heavy atom. The van der Waals surface area contributed by atoms with Crippen LogP contribution in [-0.2, 0) is 22.6 Å². The third kappa shape index (κ3) is 2.66. The molecule has 0 atom stereocenters. The van der Waals surface area contributed by atoms with Crippen LogP contribution < -0.4 is 0 Å². The Hall–Kier alpha value is -1.36. The van der Waals surface area contributed by atoms with Crippen LogP contribution in [0.1, 0.15) is 17.4 Å². The summed E-state index contributed by atoms with van der Waals surface area (Å²) < 4.78 is 0. The molecule has 1 aromatic heterocycles. The number of thiophene rings is 1. The first-order chi connectivity index (χ1) is 8.08. The summed E-state index contributed by atoms with van der Waals surface area (Å²) in [7, 11) is 1.65. The third-order valence-corrected chi connectivity index (χ3v) is 4.09. The molecular weight excluding hydrogens is 236 g/mol. The minimum atomic E-state index is -0.0772. The van der Waals surface area contributed by atoms with Crippen molar-refractivity contribution in [3.63, 3.8) is 0 Å². The van der Waals surface area contributed by atoms with E-state index in [0.29, 0.717) is 6.54 Å². The van der Waals surface area contributed by atoms with Gasteiger partial charge < -0.3 is 9.80 Å². The van der Waals surface area contributed by atoms with E-state index in [4.69, 9.17) is 0 Å². The van der Waals surface area contributed by atoms with Gasteiger partial charge in [0.2, 0.25) is 11.8 Å². The summed E-state index contributed by atoms with van der Waals surface area (Å²) in [6, 6.07) is 2.08. The fraction of sp³-hybridized carbons (Fsp3) is 0.500. The van der Waals surface area contributed by atoms with Gasteiger partial charge in [0.1, 0.15) is 0 Å². The van der Waals surface area contributed by atoms with Crippen LogP contribution in [0.4, 0.5) is 0 Å². The SMILES string of the molecule is CC(=O)N(C)CC(=O)N1CCc2sccc2C1. The van der Waals surface area contributed by atoms with Crippen molar-refractivity contribution in [1.29, 1.82) is 0 Å². The minimum Gasteiger partial charge on any atom is -0.337 e. The maximum absolute atomic E-state index is 12.0. The van der Waals surface area contributed by atoms with E-state index < -0.39 is 0 Å². The first kappa shape index (κ1) is 12.1. The molecule has 2 heterocycles. The standard InChI is InChI=1S/C12H16N2O2S/c1-9(15)13(2)8-12(16)14-5-3-11-10(7-14)4-6-17-11/h4,6H,3,5,7-8H2,1-2H3. The van der Waals surface area contributed by atoms with Gasteiger partial charge in [0.15, 0.2) is 0 Å². The monoisotopic (exact) mass is 252 g/mol. The molecule has 1 aromatic rings. The molecule has 0 radical (unpaired) electrons. The van der Waals surface area contributed by atoms with Crippen LogP contribution in [0.5, 0.6) is 0 Å². The predicted octanol–water partition coefficient (Wildman–Crippen LogP) is 1.11. The van der Waals surface area contributed by atoms with Gasteiger partial charge in [-0.05, 0) is 23.4 Å². The van der Waals surface area contributed by atoms with E-state index in [1.54, 1.807) is 18.4 Å². The number of nitrogens with zero attached hydrogens (tertiary/aromatic N) is 2. The van der Waals surface area contributed by atoms with Crippen LogP contribution in [0, 0.1) is 0 Å². The third-order valence-electron chi connectivity index (χ3n) is 3.07. The van der Waals surface area contributed by atoms with Gasteiger partial charge in [0.25, 0.3) is 0 Å². The molecule has 0 saturated heterocycles. The van der Waals surface area contributed by atoms with Crippen LogP contribution in [0.15, 0.2) is 11.4 Å². The average Bonchev–Trinajstić information content (AvgIpc) is 2.75. The maximum Gasteiger partial charge on any atom is 0.242 e. The molecule has 0 spiro atoms. The van der Waals surface area contributed by atoms with E-state index in [0.717, 1.165) is 13.0 Å². The summed E-state index contributed by atoms with van der Waals surface area (Å²) >= 11 is 1.76. The molecule has 0 aromatic carbocycles. The largest absolute Gasteiger partial charge is 0.337 e. The Kier molecular flexibility index (Phi) is 3.47. The highest BCUT2D eigenvalue weighted by molar-refractivity contribution is 7.10. The van der Waals surface area contributed by atoms with Crippen molar-refractivity contribution in [2.24, 2.45) is 0 Å². The lowest BCUT2D eigenvalue weighted by Gasteiger charge is -2.28. The van der Waals surface area contributed by atoms with Crippen molar-refractivity contribution in [2.45, 2.75) is 19.9 Å². The lowest BCUT2D eigenvalue weighted by atomic mass is 10.1. The van der Waals surface area contributed by atoms with Gasteiger partial charge >= 0.3 is 0 Å². The van der Waals surface area contributed by atoms with Crippen molar-refractivity contribution in [3.8, 4) is 0 Å². The van der Waals surface area contributed by atoms with Crippen LogP contribution in [0.2, 0.25) is 0 Å². The van der Waals surface area contributed by atoms with Crippen molar-refractivity contribution >= 4 is 23.2 Å². The molecule has 0 aliphatic carbocycles. The average molecular weight is 252 g/mol. The Morgan fingerprint density at radius 3 is 3.00 bits per heavy atom. The highest BCUT2D eigenvalue weighted by atomic mass is 32.1. The van der Waals surface area contributed by atoms with Crippen molar-refractivity contribution < 1.29 is 9.59 Å². The van der Waals surface area contributed by atoms with Gasteiger partial charge in [-0.15, -0.1) is 11.3 Å². The lowest BCUT2D eigenvalue weighted by Crippen LogP contribution is -2.42. The number of carbonyl (C=O) groups is 2. The number of rotatable bonds is 2. The molecule has 1 aliphatic heterocycles. The molecule has 0 unspecified atom stereocenters. The molecule has 4 nitrogen and oxygen atoms in total. The first-order valence-corrected chi connectivity index (χ1v) is 6.50. The van der Waals surface area contributed by atoms with E-state index in [9.17, 15) is 9.59 Å². The number of hydrogen-bond acceptors (Lipinski definition) is 3. The number of fused-ring (bicyclic) bond motifs is 1. The Bertz CT molecular complexity index is 441. The zero-order valence-corrected chi connectivity index (χ0v) is 10.9. The molecule has 5 heteroatoms. The van der Waals surface area contributed by atoms with Crippen LogP contribution >= 0.6 is 11.3 Å². The van der Waals surface area contributed by atoms with Crippen LogP contribution in [-0.4, -0.2) is 41.8 Å². The highest BCUT2D eigenvalue weighted by Gasteiger charge is 2.22. The predicted molar refractivity (Wildman–Crippen MR) is 66.8 cm³/mol. The van der Waals surface area contributed by atoms with Crippen molar-refractivity contribution in [3.05, 3.63) is 21.9 Å². The van der Waals surface area contributed by atoms with Gasteiger partial charge in [-0.3, -0.25) is 9.59 Å². The molecule has 0 fully saturated rings. The highest BCUT2D eigenvalue weighted by Crippen LogP contribution is 2.23. The molecule has 2 rings (SSSR count). The molecular formula is C12H16N2O2S. The maximum atomic E-state index is 12.0. The van der Waals surface area contributed by atoms with Gasteiger partial charge in [-0.25, -0.2) is 0 Å². The number of likely N-dealkylation sites (N-methyl/N-ethyl adjacent to an activating group) is 1. The summed E-state index contributed by atoms with van der Waals surface area (Å²) in [5, 5.41) is 2.07. The van der Waals surface area contributed by atoms with E-state index in [-0.39, 0.29) is 18.4 Å². The minimum absolute atomic E-state index is 0.0274. The second-order valence-corrected chi connectivity index (χ2v) is 5.31. The Balaban J connectivity index is 1.96. The molecule has 92 valence electrons. The molecule has 0 saturated carbocycles. The fourth-order valence-electron chi connectivity index (χ4n) is 1.88. The van der Waals surface area contributed by atoms with E-state index in [1.165, 1.54) is 22.3 Å². The first-order valence-electron chi connectivity index (χ1n) is 5.62. The van der Waals surface area contributed by atoms with Crippen LogP contribution in [0.25, 0.3) is 0 Å². The summed E-state index contributed by atoms with van der Waals surface area (Å²) in [4.78, 5) is 27.7. The molecule has 2 amide bonds. The Labute approximate surface area is 105 Å². The van der Waals surface area contributed by atoms with E-state index in [2.05, 4.69) is 11.4 Å². The van der Waals surface area contributed by atoms with E-state index in [1.807, 2.05) is 4.90 Å². The summed E-state index contributed by atoms with van der Waals surface area (Å²) in [6.45, 7) is 3.09. The molecule has 0 bridgehead atoms.